The zero-order chi connectivity index (χ0) is 15.6. The highest BCUT2D eigenvalue weighted by Gasteiger charge is 2.16. The van der Waals surface area contributed by atoms with Gasteiger partial charge < -0.3 is 9.72 Å². The normalized spacial score (nSPS) is 11.3. The monoisotopic (exact) mass is 329 g/mol. The van der Waals surface area contributed by atoms with E-state index in [1.807, 2.05) is 0 Å². The fourth-order valence-electron chi connectivity index (χ4n) is 2.20. The lowest BCUT2D eigenvalue weighted by atomic mass is 10.2. The summed E-state index contributed by atoms with van der Waals surface area (Å²) < 4.78 is 5.26. The van der Waals surface area contributed by atoms with E-state index in [4.69, 9.17) is 27.9 Å². The number of hydrogen-bond acceptors (Lipinski definition) is 4. The third kappa shape index (κ3) is 3.15. The Hall–Kier alpha value is -1.30. The lowest BCUT2D eigenvalue weighted by Crippen LogP contribution is -2.25. The molecule has 0 saturated heterocycles. The van der Waals surface area contributed by atoms with Crippen LogP contribution in [0.4, 0.5) is 0 Å². The van der Waals surface area contributed by atoms with E-state index in [-0.39, 0.29) is 10.6 Å². The van der Waals surface area contributed by atoms with Crippen LogP contribution in [0.25, 0.3) is 10.9 Å². The lowest BCUT2D eigenvalue weighted by Gasteiger charge is -2.17. The van der Waals surface area contributed by atoms with Gasteiger partial charge in [-0.1, -0.05) is 37.0 Å². The first-order valence-electron chi connectivity index (χ1n) is 6.69. The number of methoxy groups -OCH3 is 1. The van der Waals surface area contributed by atoms with Crippen LogP contribution in [0.5, 0.6) is 5.75 Å². The molecule has 2 aromatic rings. The summed E-state index contributed by atoms with van der Waals surface area (Å²) in [6, 6.07) is 1.49. The van der Waals surface area contributed by atoms with Gasteiger partial charge in [-0.3, -0.25) is 9.69 Å². The van der Waals surface area contributed by atoms with Crippen molar-refractivity contribution in [2.45, 2.75) is 20.4 Å². The third-order valence-electron chi connectivity index (χ3n) is 3.36. The first-order valence-corrected chi connectivity index (χ1v) is 7.44. The molecule has 0 spiro atoms. The third-order valence-corrected chi connectivity index (χ3v) is 3.94. The topological polar surface area (TPSA) is 58.2 Å². The van der Waals surface area contributed by atoms with Crippen LogP contribution in [0.2, 0.25) is 10.0 Å². The van der Waals surface area contributed by atoms with Gasteiger partial charge in [0, 0.05) is 0 Å². The van der Waals surface area contributed by atoms with Gasteiger partial charge in [-0.2, -0.15) is 0 Å². The zero-order valence-electron chi connectivity index (χ0n) is 12.2. The van der Waals surface area contributed by atoms with Crippen LogP contribution < -0.4 is 10.3 Å². The number of nitrogens with one attached hydrogen (secondary N) is 1. The number of nitrogens with zero attached hydrogens (tertiary/aromatic N) is 2. The molecular weight excluding hydrogens is 313 g/mol. The fraction of sp³-hybridized carbons (Fsp3) is 0.429. The van der Waals surface area contributed by atoms with Crippen LogP contribution in [0, 0.1) is 0 Å². The second-order valence-electron chi connectivity index (χ2n) is 4.57. The highest BCUT2D eigenvalue weighted by Crippen LogP contribution is 2.35. The fourth-order valence-corrected chi connectivity index (χ4v) is 2.81. The number of ether oxygens (including phenoxy) is 1. The number of rotatable bonds is 5. The number of hydrogen-bond donors (Lipinski definition) is 1. The van der Waals surface area contributed by atoms with Gasteiger partial charge >= 0.3 is 0 Å². The van der Waals surface area contributed by atoms with E-state index in [2.05, 4.69) is 28.7 Å². The standard InChI is InChI=1S/C14H17Cl2N3O2/c1-4-19(5-2)7-10-17-12-11(14(20)18-10)8(15)6-9(16)13(12)21-3/h6H,4-5,7H2,1-3H3,(H,17,18,20). The van der Waals surface area contributed by atoms with E-state index in [1.54, 1.807) is 0 Å². The number of H-pyrrole nitrogens is 1. The van der Waals surface area contributed by atoms with Crippen molar-refractivity contribution < 1.29 is 4.74 Å². The molecule has 0 bridgehead atoms. The van der Waals surface area contributed by atoms with E-state index in [0.29, 0.717) is 34.0 Å². The summed E-state index contributed by atoms with van der Waals surface area (Å²) in [5.74, 6) is 0.927. The molecule has 0 aliphatic heterocycles. The second kappa shape index (κ2) is 6.64. The molecule has 1 aromatic carbocycles. The van der Waals surface area contributed by atoms with Crippen molar-refractivity contribution in [1.29, 1.82) is 0 Å². The number of aromatic amines is 1. The SMILES string of the molecule is CCN(CC)Cc1nc2c(OC)c(Cl)cc(Cl)c2c(=O)[nH]1. The highest BCUT2D eigenvalue weighted by atomic mass is 35.5. The summed E-state index contributed by atoms with van der Waals surface area (Å²) in [5, 5.41) is 0.891. The Kier molecular flexibility index (Phi) is 5.08. The van der Waals surface area contributed by atoms with Crippen molar-refractivity contribution >= 4 is 34.1 Å². The molecule has 1 aromatic heterocycles. The summed E-state index contributed by atoms with van der Waals surface area (Å²) in [6.07, 6.45) is 0. The Balaban J connectivity index is 2.66. The average Bonchev–Trinajstić information content (AvgIpc) is 2.44. The predicted molar refractivity (Wildman–Crippen MR) is 85.6 cm³/mol. The van der Waals surface area contributed by atoms with E-state index in [0.717, 1.165) is 13.1 Å². The molecule has 0 radical (unpaired) electrons. The predicted octanol–water partition coefficient (Wildman–Crippen LogP) is 3.08. The molecule has 2 rings (SSSR count). The van der Waals surface area contributed by atoms with E-state index < -0.39 is 0 Å². The smallest absolute Gasteiger partial charge is 0.260 e. The maximum atomic E-state index is 12.3. The first-order chi connectivity index (χ1) is 10.0. The van der Waals surface area contributed by atoms with Crippen LogP contribution >= 0.6 is 23.2 Å². The molecule has 1 N–H and O–H groups in total. The minimum absolute atomic E-state index is 0.263. The number of benzene rings is 1. The van der Waals surface area contributed by atoms with Crippen molar-refractivity contribution in [3.8, 4) is 5.75 Å². The molecule has 0 atom stereocenters. The van der Waals surface area contributed by atoms with Crippen molar-refractivity contribution in [3.63, 3.8) is 0 Å². The van der Waals surface area contributed by atoms with Crippen molar-refractivity contribution in [1.82, 2.24) is 14.9 Å². The summed E-state index contributed by atoms with van der Waals surface area (Å²) >= 11 is 12.2. The van der Waals surface area contributed by atoms with Gasteiger partial charge in [0.15, 0.2) is 5.75 Å². The number of fused-ring (bicyclic) bond motifs is 1. The minimum atomic E-state index is -0.290. The molecule has 0 unspecified atom stereocenters. The molecule has 0 saturated carbocycles. The Morgan fingerprint density at radius 1 is 1.29 bits per heavy atom. The highest BCUT2D eigenvalue weighted by molar-refractivity contribution is 6.39. The van der Waals surface area contributed by atoms with Gasteiger partial charge in [-0.15, -0.1) is 0 Å². The summed E-state index contributed by atoms with van der Waals surface area (Å²) in [5.41, 5.74) is 0.100. The maximum absolute atomic E-state index is 12.3. The summed E-state index contributed by atoms with van der Waals surface area (Å²) in [6.45, 7) is 6.39. The maximum Gasteiger partial charge on any atom is 0.260 e. The van der Waals surface area contributed by atoms with Crippen LogP contribution in [0.1, 0.15) is 19.7 Å². The lowest BCUT2D eigenvalue weighted by molar-refractivity contribution is 0.288. The molecule has 114 valence electrons. The van der Waals surface area contributed by atoms with Crippen LogP contribution in [-0.4, -0.2) is 35.1 Å². The Bertz CT molecular complexity index is 711. The Morgan fingerprint density at radius 3 is 2.52 bits per heavy atom. The van der Waals surface area contributed by atoms with Gasteiger partial charge in [0.05, 0.1) is 29.1 Å². The molecule has 1 heterocycles. The first kappa shape index (κ1) is 16.1. The number of halogens is 2. The van der Waals surface area contributed by atoms with Crippen molar-refractivity contribution in [3.05, 3.63) is 32.3 Å². The molecule has 0 aliphatic carbocycles. The van der Waals surface area contributed by atoms with Gasteiger partial charge in [-0.25, -0.2) is 4.98 Å². The summed E-state index contributed by atoms with van der Waals surface area (Å²) in [7, 11) is 1.49. The van der Waals surface area contributed by atoms with Crippen LogP contribution in [-0.2, 0) is 6.54 Å². The van der Waals surface area contributed by atoms with Crippen molar-refractivity contribution in [2.24, 2.45) is 0 Å². The molecular formula is C14H17Cl2N3O2. The van der Waals surface area contributed by atoms with E-state index in [9.17, 15) is 4.79 Å². The quantitative estimate of drug-likeness (QED) is 0.915. The minimum Gasteiger partial charge on any atom is -0.493 e. The van der Waals surface area contributed by atoms with Crippen LogP contribution in [0.3, 0.4) is 0 Å². The summed E-state index contributed by atoms with van der Waals surface area (Å²) in [4.78, 5) is 21.6. The van der Waals surface area contributed by atoms with Crippen LogP contribution in [0.15, 0.2) is 10.9 Å². The molecule has 0 fully saturated rings. The van der Waals surface area contributed by atoms with Gasteiger partial charge in [-0.05, 0) is 19.2 Å². The molecule has 0 amide bonds. The van der Waals surface area contributed by atoms with Gasteiger partial charge in [0.2, 0.25) is 0 Å². The zero-order valence-corrected chi connectivity index (χ0v) is 13.7. The molecule has 21 heavy (non-hydrogen) atoms. The molecule has 0 aliphatic rings. The van der Waals surface area contributed by atoms with E-state index >= 15 is 0 Å². The Morgan fingerprint density at radius 2 is 1.95 bits per heavy atom. The second-order valence-corrected chi connectivity index (χ2v) is 5.39. The average molecular weight is 330 g/mol. The Labute approximate surface area is 132 Å². The molecule has 5 nitrogen and oxygen atoms in total. The van der Waals surface area contributed by atoms with Gasteiger partial charge in [0.25, 0.3) is 5.56 Å². The molecule has 7 heteroatoms. The number of aromatic nitrogens is 2. The van der Waals surface area contributed by atoms with Crippen molar-refractivity contribution in [2.75, 3.05) is 20.2 Å². The van der Waals surface area contributed by atoms with Gasteiger partial charge in [0.1, 0.15) is 11.3 Å². The van der Waals surface area contributed by atoms with E-state index in [1.165, 1.54) is 13.2 Å². The largest absolute Gasteiger partial charge is 0.493 e.